The van der Waals surface area contributed by atoms with E-state index in [0.717, 1.165) is 22.6 Å². The average Bonchev–Trinajstić information content (AvgIpc) is 3.04. The van der Waals surface area contributed by atoms with E-state index >= 15 is 0 Å². The molecule has 2 heterocycles. The maximum absolute atomic E-state index is 10.6. The molecule has 0 aliphatic rings. The summed E-state index contributed by atoms with van der Waals surface area (Å²) in [4.78, 5) is 10.2. The zero-order valence-corrected chi connectivity index (χ0v) is 11.5. The molecule has 0 aliphatic heterocycles. The van der Waals surface area contributed by atoms with Crippen LogP contribution in [0, 0.1) is 10.1 Å². The SMILES string of the molecule is O=[N+]([O-])c1cc(CNc2ccc3sccc3c2)cs1. The summed E-state index contributed by atoms with van der Waals surface area (Å²) in [6.45, 7) is 0.597. The lowest BCUT2D eigenvalue weighted by atomic mass is 10.2. The molecule has 0 unspecified atom stereocenters. The predicted molar refractivity (Wildman–Crippen MR) is 80.1 cm³/mol. The predicted octanol–water partition coefficient (Wildman–Crippen LogP) is 4.48. The van der Waals surface area contributed by atoms with Crippen LogP contribution < -0.4 is 5.32 Å². The highest BCUT2D eigenvalue weighted by atomic mass is 32.1. The van der Waals surface area contributed by atoms with Crippen LogP contribution in [-0.4, -0.2) is 4.92 Å². The summed E-state index contributed by atoms with van der Waals surface area (Å²) in [6.07, 6.45) is 0. The highest BCUT2D eigenvalue weighted by Crippen LogP contribution is 2.26. The normalized spacial score (nSPS) is 10.7. The molecule has 19 heavy (non-hydrogen) atoms. The largest absolute Gasteiger partial charge is 0.381 e. The third-order valence-corrected chi connectivity index (χ3v) is 4.60. The zero-order valence-electron chi connectivity index (χ0n) is 9.83. The molecule has 6 heteroatoms. The maximum Gasteiger partial charge on any atom is 0.324 e. The number of benzene rings is 1. The van der Waals surface area contributed by atoms with Gasteiger partial charge in [-0.2, -0.15) is 0 Å². The molecule has 96 valence electrons. The van der Waals surface area contributed by atoms with Gasteiger partial charge in [0.1, 0.15) is 0 Å². The Bertz CT molecular complexity index is 733. The van der Waals surface area contributed by atoms with Gasteiger partial charge in [-0.05, 0) is 40.6 Å². The van der Waals surface area contributed by atoms with E-state index in [1.54, 1.807) is 17.4 Å². The molecule has 0 fully saturated rings. The molecular weight excluding hydrogens is 280 g/mol. The van der Waals surface area contributed by atoms with Crippen molar-refractivity contribution in [3.05, 3.63) is 56.8 Å². The van der Waals surface area contributed by atoms with Crippen molar-refractivity contribution in [1.82, 2.24) is 0 Å². The minimum Gasteiger partial charge on any atom is -0.381 e. The van der Waals surface area contributed by atoms with Crippen LogP contribution in [0.25, 0.3) is 10.1 Å². The van der Waals surface area contributed by atoms with Crippen molar-refractivity contribution in [3.63, 3.8) is 0 Å². The van der Waals surface area contributed by atoms with Gasteiger partial charge in [0, 0.05) is 28.4 Å². The molecule has 1 aromatic carbocycles. The molecule has 0 bridgehead atoms. The number of nitrogens with zero attached hydrogens (tertiary/aromatic N) is 1. The Hall–Kier alpha value is -1.92. The molecule has 0 aliphatic carbocycles. The smallest absolute Gasteiger partial charge is 0.324 e. The Morgan fingerprint density at radius 2 is 2.11 bits per heavy atom. The Morgan fingerprint density at radius 3 is 2.89 bits per heavy atom. The van der Waals surface area contributed by atoms with Gasteiger partial charge in [0.25, 0.3) is 0 Å². The van der Waals surface area contributed by atoms with Crippen molar-refractivity contribution < 1.29 is 4.92 Å². The van der Waals surface area contributed by atoms with Gasteiger partial charge >= 0.3 is 5.00 Å². The topological polar surface area (TPSA) is 55.2 Å². The van der Waals surface area contributed by atoms with E-state index in [9.17, 15) is 10.1 Å². The van der Waals surface area contributed by atoms with E-state index in [1.807, 2.05) is 11.4 Å². The molecule has 0 radical (unpaired) electrons. The lowest BCUT2D eigenvalue weighted by molar-refractivity contribution is -0.380. The lowest BCUT2D eigenvalue weighted by Gasteiger charge is -2.04. The first-order chi connectivity index (χ1) is 9.22. The lowest BCUT2D eigenvalue weighted by Crippen LogP contribution is -1.97. The number of hydrogen-bond donors (Lipinski definition) is 1. The van der Waals surface area contributed by atoms with Gasteiger partial charge in [0.15, 0.2) is 0 Å². The monoisotopic (exact) mass is 290 g/mol. The van der Waals surface area contributed by atoms with Crippen LogP contribution in [0.5, 0.6) is 0 Å². The van der Waals surface area contributed by atoms with E-state index in [-0.39, 0.29) is 9.92 Å². The standard InChI is InChI=1S/C13H10N2O2S2/c16-15(17)13-5-9(8-19-13)7-14-11-1-2-12-10(6-11)3-4-18-12/h1-6,8,14H,7H2. The summed E-state index contributed by atoms with van der Waals surface area (Å²) in [5, 5.41) is 19.2. The highest BCUT2D eigenvalue weighted by Gasteiger charge is 2.09. The number of fused-ring (bicyclic) bond motifs is 1. The first-order valence-corrected chi connectivity index (χ1v) is 7.41. The molecule has 0 spiro atoms. The van der Waals surface area contributed by atoms with Crippen molar-refractivity contribution in [1.29, 1.82) is 0 Å². The minimum atomic E-state index is -0.356. The van der Waals surface area contributed by atoms with E-state index in [4.69, 9.17) is 0 Å². The second-order valence-corrected chi connectivity index (χ2v) is 5.91. The number of thiophene rings is 2. The summed E-state index contributed by atoms with van der Waals surface area (Å²) in [5.41, 5.74) is 1.96. The fourth-order valence-electron chi connectivity index (χ4n) is 1.83. The quantitative estimate of drug-likeness (QED) is 0.569. The van der Waals surface area contributed by atoms with Crippen LogP contribution >= 0.6 is 22.7 Å². The summed E-state index contributed by atoms with van der Waals surface area (Å²) >= 11 is 2.88. The Balaban J connectivity index is 1.72. The second-order valence-electron chi connectivity index (χ2n) is 4.08. The van der Waals surface area contributed by atoms with Crippen LogP contribution in [0.15, 0.2) is 41.1 Å². The third-order valence-electron chi connectivity index (χ3n) is 2.77. The van der Waals surface area contributed by atoms with E-state index < -0.39 is 0 Å². The third kappa shape index (κ3) is 2.59. The van der Waals surface area contributed by atoms with Crippen molar-refractivity contribution in [3.8, 4) is 0 Å². The van der Waals surface area contributed by atoms with Crippen molar-refractivity contribution in [2.75, 3.05) is 5.32 Å². The second kappa shape index (κ2) is 4.99. The molecule has 3 rings (SSSR count). The molecule has 3 aromatic rings. The number of nitro groups is 1. The summed E-state index contributed by atoms with van der Waals surface area (Å²) in [6, 6.07) is 9.89. The van der Waals surface area contributed by atoms with Crippen molar-refractivity contribution in [2.24, 2.45) is 0 Å². The van der Waals surface area contributed by atoms with E-state index in [1.165, 1.54) is 10.1 Å². The van der Waals surface area contributed by atoms with Gasteiger partial charge in [-0.15, -0.1) is 11.3 Å². The van der Waals surface area contributed by atoms with E-state index in [2.05, 4.69) is 28.9 Å². The Morgan fingerprint density at radius 1 is 1.21 bits per heavy atom. The number of anilines is 1. The van der Waals surface area contributed by atoms with Gasteiger partial charge < -0.3 is 5.32 Å². The van der Waals surface area contributed by atoms with Crippen LogP contribution in [-0.2, 0) is 6.54 Å². The van der Waals surface area contributed by atoms with Crippen LogP contribution in [0.1, 0.15) is 5.56 Å². The van der Waals surface area contributed by atoms with Gasteiger partial charge in [-0.3, -0.25) is 10.1 Å². The summed E-state index contributed by atoms with van der Waals surface area (Å²) in [7, 11) is 0. The average molecular weight is 290 g/mol. The van der Waals surface area contributed by atoms with Gasteiger partial charge in [0.05, 0.1) is 4.92 Å². The maximum atomic E-state index is 10.6. The van der Waals surface area contributed by atoms with Gasteiger partial charge in [-0.1, -0.05) is 11.3 Å². The fraction of sp³-hybridized carbons (Fsp3) is 0.0769. The first kappa shape index (κ1) is 12.1. The molecule has 0 amide bonds. The Labute approximate surface area is 117 Å². The number of hydrogen-bond acceptors (Lipinski definition) is 5. The van der Waals surface area contributed by atoms with Gasteiger partial charge in [0.2, 0.25) is 0 Å². The molecule has 0 saturated heterocycles. The van der Waals surface area contributed by atoms with Crippen molar-refractivity contribution in [2.45, 2.75) is 6.54 Å². The zero-order chi connectivity index (χ0) is 13.2. The van der Waals surface area contributed by atoms with Gasteiger partial charge in [-0.25, -0.2) is 0 Å². The van der Waals surface area contributed by atoms with Crippen molar-refractivity contribution >= 4 is 43.4 Å². The van der Waals surface area contributed by atoms with E-state index in [0.29, 0.717) is 6.54 Å². The molecule has 2 aromatic heterocycles. The highest BCUT2D eigenvalue weighted by molar-refractivity contribution is 7.17. The molecule has 4 nitrogen and oxygen atoms in total. The van der Waals surface area contributed by atoms with Crippen LogP contribution in [0.4, 0.5) is 10.7 Å². The molecule has 0 saturated carbocycles. The summed E-state index contributed by atoms with van der Waals surface area (Å²) < 4.78 is 1.26. The van der Waals surface area contributed by atoms with Crippen LogP contribution in [0.3, 0.4) is 0 Å². The number of rotatable bonds is 4. The molecule has 0 atom stereocenters. The fourth-order valence-corrected chi connectivity index (χ4v) is 3.33. The number of nitrogens with one attached hydrogen (secondary N) is 1. The first-order valence-electron chi connectivity index (χ1n) is 5.65. The Kier molecular flexibility index (Phi) is 3.18. The summed E-state index contributed by atoms with van der Waals surface area (Å²) in [5.74, 6) is 0. The minimum absolute atomic E-state index is 0.185. The molecule has 1 N–H and O–H groups in total. The molecular formula is C13H10N2O2S2. The van der Waals surface area contributed by atoms with Crippen LogP contribution in [0.2, 0.25) is 0 Å².